The minimum Gasteiger partial charge on any atom is -0.481 e. The van der Waals surface area contributed by atoms with Crippen LogP contribution >= 0.6 is 15.9 Å². The van der Waals surface area contributed by atoms with Crippen LogP contribution in [0.1, 0.15) is 23.4 Å². The Morgan fingerprint density at radius 2 is 2.20 bits per heavy atom. The Morgan fingerprint density at radius 1 is 1.53 bits per heavy atom. The van der Waals surface area contributed by atoms with Crippen molar-refractivity contribution in [2.24, 2.45) is 0 Å². The predicted octanol–water partition coefficient (Wildman–Crippen LogP) is 2.54. The quantitative estimate of drug-likeness (QED) is 0.862. The molecule has 0 aliphatic heterocycles. The Balaban J connectivity index is 3.05. The summed E-state index contributed by atoms with van der Waals surface area (Å²) >= 11 is 3.09. The summed E-state index contributed by atoms with van der Waals surface area (Å²) in [7, 11) is 0. The van der Waals surface area contributed by atoms with E-state index in [9.17, 15) is 13.6 Å². The molecule has 0 amide bonds. The van der Waals surface area contributed by atoms with Crippen molar-refractivity contribution in [3.63, 3.8) is 0 Å². The van der Waals surface area contributed by atoms with Crippen molar-refractivity contribution in [3.8, 4) is 0 Å². The molecular weight excluding hydrogens is 272 g/mol. The van der Waals surface area contributed by atoms with Crippen molar-refractivity contribution in [3.05, 3.63) is 29.1 Å². The number of halogens is 3. The first-order chi connectivity index (χ1) is 7.02. The third kappa shape index (κ3) is 3.54. The van der Waals surface area contributed by atoms with E-state index in [1.54, 1.807) is 0 Å². The number of aromatic nitrogens is 1. The molecule has 3 nitrogen and oxygen atoms in total. The summed E-state index contributed by atoms with van der Waals surface area (Å²) in [5.41, 5.74) is 0.356. The lowest BCUT2D eigenvalue weighted by atomic mass is 10.1. The van der Waals surface area contributed by atoms with Gasteiger partial charge in [0.25, 0.3) is 6.43 Å². The average Bonchev–Trinajstić information content (AvgIpc) is 2.16. The molecule has 0 fully saturated rings. The molecule has 0 aromatic carbocycles. The maximum atomic E-state index is 12.4. The maximum Gasteiger partial charge on any atom is 0.307 e. The molecule has 1 N–H and O–H groups in total. The first-order valence-corrected chi connectivity index (χ1v) is 5.20. The number of hydrogen-bond donors (Lipinski definition) is 1. The molecule has 1 heterocycles. The number of hydrogen-bond acceptors (Lipinski definition) is 2. The van der Waals surface area contributed by atoms with E-state index in [0.29, 0.717) is 16.6 Å². The molecule has 0 saturated carbocycles. The Morgan fingerprint density at radius 3 is 2.67 bits per heavy atom. The van der Waals surface area contributed by atoms with Gasteiger partial charge in [0.15, 0.2) is 0 Å². The van der Waals surface area contributed by atoms with E-state index >= 15 is 0 Å². The first-order valence-electron chi connectivity index (χ1n) is 4.08. The number of carboxylic acids is 1. The van der Waals surface area contributed by atoms with Crippen molar-refractivity contribution >= 4 is 21.9 Å². The van der Waals surface area contributed by atoms with Gasteiger partial charge in [-0.25, -0.2) is 8.78 Å². The maximum absolute atomic E-state index is 12.4. The molecule has 0 bridgehead atoms. The van der Waals surface area contributed by atoms with Gasteiger partial charge >= 0.3 is 5.97 Å². The van der Waals surface area contributed by atoms with Crippen LogP contribution in [0.2, 0.25) is 0 Å². The normalized spacial score (nSPS) is 10.7. The molecule has 1 rings (SSSR count). The Bertz CT molecular complexity index is 371. The van der Waals surface area contributed by atoms with E-state index in [0.717, 1.165) is 6.07 Å². The molecule has 1 aromatic rings. The lowest BCUT2D eigenvalue weighted by Crippen LogP contribution is -2.04. The van der Waals surface area contributed by atoms with Crippen LogP contribution < -0.4 is 0 Å². The second-order valence-electron chi connectivity index (χ2n) is 2.90. The summed E-state index contributed by atoms with van der Waals surface area (Å²) in [4.78, 5) is 14.1. The van der Waals surface area contributed by atoms with Crippen molar-refractivity contribution in [2.75, 3.05) is 0 Å². The Hall–Kier alpha value is -1.04. The zero-order chi connectivity index (χ0) is 11.4. The molecule has 6 heteroatoms. The fourth-order valence-corrected chi connectivity index (χ4v) is 1.42. The van der Waals surface area contributed by atoms with Crippen molar-refractivity contribution < 1.29 is 18.7 Å². The van der Waals surface area contributed by atoms with Gasteiger partial charge in [0.2, 0.25) is 0 Å². The molecule has 0 aliphatic carbocycles. The number of carboxylic acid groups (broad SMARTS) is 1. The van der Waals surface area contributed by atoms with Gasteiger partial charge < -0.3 is 5.11 Å². The Kier molecular flexibility index (Phi) is 4.14. The van der Waals surface area contributed by atoms with Crippen LogP contribution in [0.3, 0.4) is 0 Å². The molecule has 0 saturated heterocycles. The van der Waals surface area contributed by atoms with Crippen LogP contribution in [-0.2, 0) is 16.5 Å². The molecule has 0 aliphatic rings. The highest BCUT2D eigenvalue weighted by Gasteiger charge is 2.12. The van der Waals surface area contributed by atoms with Gasteiger partial charge in [-0.1, -0.05) is 15.9 Å². The number of pyridine rings is 1. The summed E-state index contributed by atoms with van der Waals surface area (Å²) in [6.07, 6.45) is -2.96. The number of nitrogens with zero attached hydrogens (tertiary/aromatic N) is 1. The number of carbonyl (C=O) groups is 1. The fraction of sp³-hybridized carbons (Fsp3) is 0.333. The highest BCUT2D eigenvalue weighted by Crippen LogP contribution is 2.19. The minimum absolute atomic E-state index is 0.276. The van der Waals surface area contributed by atoms with Gasteiger partial charge in [0.05, 0.1) is 12.1 Å². The van der Waals surface area contributed by atoms with Crippen LogP contribution in [0.4, 0.5) is 8.78 Å². The second-order valence-corrected chi connectivity index (χ2v) is 3.46. The predicted molar refractivity (Wildman–Crippen MR) is 53.2 cm³/mol. The van der Waals surface area contributed by atoms with Crippen LogP contribution in [-0.4, -0.2) is 16.1 Å². The van der Waals surface area contributed by atoms with E-state index in [-0.39, 0.29) is 12.1 Å². The lowest BCUT2D eigenvalue weighted by Gasteiger charge is -2.05. The molecule has 1 aromatic heterocycles. The lowest BCUT2D eigenvalue weighted by molar-refractivity contribution is -0.136. The van der Waals surface area contributed by atoms with E-state index in [1.807, 2.05) is 0 Å². The molecular formula is C9H8BrF2NO2. The van der Waals surface area contributed by atoms with E-state index in [1.165, 1.54) is 6.07 Å². The molecule has 0 radical (unpaired) electrons. The molecule has 0 atom stereocenters. The summed E-state index contributed by atoms with van der Waals surface area (Å²) in [6, 6.07) is 2.61. The van der Waals surface area contributed by atoms with Crippen LogP contribution in [0.5, 0.6) is 0 Å². The topological polar surface area (TPSA) is 50.2 Å². The van der Waals surface area contributed by atoms with Gasteiger partial charge in [-0.05, 0) is 17.7 Å². The molecule has 0 spiro atoms. The van der Waals surface area contributed by atoms with Crippen LogP contribution in [0, 0.1) is 0 Å². The third-order valence-corrected chi connectivity index (χ3v) is 2.25. The minimum atomic E-state index is -2.68. The zero-order valence-corrected chi connectivity index (χ0v) is 9.17. The van der Waals surface area contributed by atoms with E-state index < -0.39 is 12.4 Å². The molecule has 82 valence electrons. The monoisotopic (exact) mass is 279 g/mol. The van der Waals surface area contributed by atoms with E-state index in [4.69, 9.17) is 5.11 Å². The third-order valence-electron chi connectivity index (χ3n) is 1.67. The van der Waals surface area contributed by atoms with E-state index in [2.05, 4.69) is 20.9 Å². The Labute approximate surface area is 93.3 Å². The zero-order valence-electron chi connectivity index (χ0n) is 7.58. The van der Waals surface area contributed by atoms with Gasteiger partial charge in [0, 0.05) is 5.33 Å². The highest BCUT2D eigenvalue weighted by molar-refractivity contribution is 9.08. The van der Waals surface area contributed by atoms with Crippen molar-refractivity contribution in [1.29, 1.82) is 0 Å². The van der Waals surface area contributed by atoms with Gasteiger partial charge in [0.1, 0.15) is 5.69 Å². The number of aliphatic carboxylic acids is 1. The van der Waals surface area contributed by atoms with Crippen molar-refractivity contribution in [1.82, 2.24) is 4.98 Å². The molecule has 15 heavy (non-hydrogen) atoms. The smallest absolute Gasteiger partial charge is 0.307 e. The summed E-state index contributed by atoms with van der Waals surface area (Å²) in [5.74, 6) is -1.05. The van der Waals surface area contributed by atoms with Gasteiger partial charge in [-0.15, -0.1) is 0 Å². The SMILES string of the molecule is O=C(O)Cc1cc(CBr)nc(C(F)F)c1. The number of rotatable bonds is 4. The second kappa shape index (κ2) is 5.16. The summed E-state index contributed by atoms with van der Waals surface area (Å²) < 4.78 is 24.8. The van der Waals surface area contributed by atoms with Crippen LogP contribution in [0.25, 0.3) is 0 Å². The fourth-order valence-electron chi connectivity index (χ4n) is 1.13. The number of alkyl halides is 3. The summed E-state index contributed by atoms with van der Waals surface area (Å²) in [6.45, 7) is 0. The van der Waals surface area contributed by atoms with Gasteiger partial charge in [-0.3, -0.25) is 9.78 Å². The summed E-state index contributed by atoms with van der Waals surface area (Å²) in [5, 5.41) is 8.86. The first kappa shape index (κ1) is 12.0. The largest absolute Gasteiger partial charge is 0.481 e. The highest BCUT2D eigenvalue weighted by atomic mass is 79.9. The van der Waals surface area contributed by atoms with Crippen molar-refractivity contribution in [2.45, 2.75) is 18.2 Å². The van der Waals surface area contributed by atoms with Crippen LogP contribution in [0.15, 0.2) is 12.1 Å². The molecule has 0 unspecified atom stereocenters. The average molecular weight is 280 g/mol. The standard InChI is InChI=1S/C9H8BrF2NO2/c10-4-6-1-5(3-8(14)15)2-7(13-6)9(11)12/h1-2,9H,3-4H2,(H,14,15). The van der Waals surface area contributed by atoms with Gasteiger partial charge in [-0.2, -0.15) is 0 Å².